The standard InChI is InChI=1S/C13H17N3O3/c1-8-6-10(15-11(18-5)9(8)7-14)16-12(17)19-13(2,3)4/h6H,1-5H3,(H,15,16,17). The summed E-state index contributed by atoms with van der Waals surface area (Å²) in [6.07, 6.45) is -0.605. The van der Waals surface area contributed by atoms with E-state index in [0.717, 1.165) is 0 Å². The molecule has 0 aliphatic carbocycles. The fourth-order valence-electron chi connectivity index (χ4n) is 1.40. The second kappa shape index (κ2) is 5.57. The van der Waals surface area contributed by atoms with E-state index in [1.807, 2.05) is 6.07 Å². The monoisotopic (exact) mass is 263 g/mol. The summed E-state index contributed by atoms with van der Waals surface area (Å²) in [7, 11) is 1.42. The molecular formula is C13H17N3O3. The highest BCUT2D eigenvalue weighted by atomic mass is 16.6. The predicted molar refractivity (Wildman–Crippen MR) is 70.1 cm³/mol. The van der Waals surface area contributed by atoms with Crippen molar-refractivity contribution in [2.24, 2.45) is 0 Å². The second-order valence-corrected chi connectivity index (χ2v) is 4.95. The van der Waals surface area contributed by atoms with Crippen molar-refractivity contribution >= 4 is 11.9 Å². The lowest BCUT2D eigenvalue weighted by Crippen LogP contribution is -2.27. The Balaban J connectivity index is 2.95. The summed E-state index contributed by atoms with van der Waals surface area (Å²) < 4.78 is 10.1. The maximum absolute atomic E-state index is 11.6. The molecule has 6 heteroatoms. The van der Waals surface area contributed by atoms with E-state index in [-0.39, 0.29) is 11.7 Å². The molecule has 1 heterocycles. The Labute approximate surface area is 112 Å². The number of anilines is 1. The van der Waals surface area contributed by atoms with Crippen molar-refractivity contribution in [2.45, 2.75) is 33.3 Å². The predicted octanol–water partition coefficient (Wildman–Crippen LogP) is 2.62. The number of amides is 1. The van der Waals surface area contributed by atoms with E-state index < -0.39 is 11.7 Å². The fourth-order valence-corrected chi connectivity index (χ4v) is 1.40. The zero-order valence-electron chi connectivity index (χ0n) is 11.7. The van der Waals surface area contributed by atoms with Gasteiger partial charge in [0.15, 0.2) is 0 Å². The van der Waals surface area contributed by atoms with Crippen molar-refractivity contribution in [3.05, 3.63) is 17.2 Å². The quantitative estimate of drug-likeness (QED) is 0.886. The van der Waals surface area contributed by atoms with Crippen LogP contribution in [0.15, 0.2) is 6.07 Å². The van der Waals surface area contributed by atoms with Crippen LogP contribution >= 0.6 is 0 Å². The molecule has 1 aromatic heterocycles. The van der Waals surface area contributed by atoms with Crippen molar-refractivity contribution < 1.29 is 14.3 Å². The van der Waals surface area contributed by atoms with Crippen molar-refractivity contribution in [1.82, 2.24) is 4.98 Å². The molecule has 0 aliphatic heterocycles. The molecule has 0 aromatic carbocycles. The number of hydrogen-bond donors (Lipinski definition) is 1. The third-order valence-electron chi connectivity index (χ3n) is 2.12. The Morgan fingerprint density at radius 1 is 1.47 bits per heavy atom. The third kappa shape index (κ3) is 4.14. The smallest absolute Gasteiger partial charge is 0.413 e. The number of carbonyl (C=O) groups is 1. The summed E-state index contributed by atoms with van der Waals surface area (Å²) >= 11 is 0. The van der Waals surface area contributed by atoms with E-state index in [4.69, 9.17) is 14.7 Å². The minimum Gasteiger partial charge on any atom is -0.480 e. The molecule has 6 nitrogen and oxygen atoms in total. The van der Waals surface area contributed by atoms with Gasteiger partial charge in [0.25, 0.3) is 0 Å². The van der Waals surface area contributed by atoms with Crippen LogP contribution in [0, 0.1) is 18.3 Å². The number of aryl methyl sites for hydroxylation is 1. The van der Waals surface area contributed by atoms with Crippen LogP contribution in [0.2, 0.25) is 0 Å². The summed E-state index contributed by atoms with van der Waals surface area (Å²) in [5.41, 5.74) is 0.424. The first-order valence-corrected chi connectivity index (χ1v) is 5.72. The first-order valence-electron chi connectivity index (χ1n) is 5.72. The topological polar surface area (TPSA) is 84.2 Å². The molecule has 0 saturated heterocycles. The Morgan fingerprint density at radius 3 is 2.58 bits per heavy atom. The zero-order valence-corrected chi connectivity index (χ0v) is 11.7. The molecular weight excluding hydrogens is 246 g/mol. The minimum absolute atomic E-state index is 0.175. The zero-order chi connectivity index (χ0) is 14.6. The average molecular weight is 263 g/mol. The van der Waals surface area contributed by atoms with Gasteiger partial charge in [0.05, 0.1) is 7.11 Å². The van der Waals surface area contributed by atoms with Crippen LogP contribution in [0.5, 0.6) is 5.88 Å². The number of carbonyl (C=O) groups excluding carboxylic acids is 1. The van der Waals surface area contributed by atoms with Crippen LogP contribution in [-0.4, -0.2) is 23.8 Å². The number of ether oxygens (including phenoxy) is 2. The summed E-state index contributed by atoms with van der Waals surface area (Å²) in [4.78, 5) is 15.7. The van der Waals surface area contributed by atoms with Crippen molar-refractivity contribution in [1.29, 1.82) is 5.26 Å². The third-order valence-corrected chi connectivity index (χ3v) is 2.12. The molecule has 0 bridgehead atoms. The lowest BCUT2D eigenvalue weighted by atomic mass is 10.1. The molecule has 0 atom stereocenters. The van der Waals surface area contributed by atoms with Gasteiger partial charge in [0, 0.05) is 0 Å². The lowest BCUT2D eigenvalue weighted by molar-refractivity contribution is 0.0635. The maximum Gasteiger partial charge on any atom is 0.413 e. The Hall–Kier alpha value is -2.29. The molecule has 0 aliphatic rings. The van der Waals surface area contributed by atoms with E-state index >= 15 is 0 Å². The normalized spacial score (nSPS) is 10.5. The molecule has 1 rings (SSSR count). The van der Waals surface area contributed by atoms with Gasteiger partial charge in [0.1, 0.15) is 23.1 Å². The van der Waals surface area contributed by atoms with Crippen molar-refractivity contribution in [3.8, 4) is 11.9 Å². The van der Waals surface area contributed by atoms with Crippen LogP contribution in [0.1, 0.15) is 31.9 Å². The Kier molecular flexibility index (Phi) is 4.33. The Morgan fingerprint density at radius 2 is 2.11 bits per heavy atom. The number of hydrogen-bond acceptors (Lipinski definition) is 5. The molecule has 0 fully saturated rings. The molecule has 1 amide bonds. The van der Waals surface area contributed by atoms with E-state index in [2.05, 4.69) is 10.3 Å². The van der Waals surface area contributed by atoms with Gasteiger partial charge in [-0.3, -0.25) is 5.32 Å². The molecule has 1 N–H and O–H groups in total. The van der Waals surface area contributed by atoms with Crippen LogP contribution in [0.3, 0.4) is 0 Å². The minimum atomic E-state index is -0.605. The molecule has 0 radical (unpaired) electrons. The van der Waals surface area contributed by atoms with Crippen LogP contribution in [0.4, 0.5) is 10.6 Å². The first kappa shape index (κ1) is 14.8. The largest absolute Gasteiger partial charge is 0.480 e. The van der Waals surface area contributed by atoms with Gasteiger partial charge in [-0.2, -0.15) is 10.2 Å². The molecule has 102 valence electrons. The molecule has 1 aromatic rings. The number of rotatable bonds is 2. The highest BCUT2D eigenvalue weighted by Crippen LogP contribution is 2.22. The number of methoxy groups -OCH3 is 1. The van der Waals surface area contributed by atoms with E-state index in [1.54, 1.807) is 33.8 Å². The fraction of sp³-hybridized carbons (Fsp3) is 0.462. The van der Waals surface area contributed by atoms with Crippen LogP contribution < -0.4 is 10.1 Å². The van der Waals surface area contributed by atoms with E-state index in [0.29, 0.717) is 11.1 Å². The molecule has 19 heavy (non-hydrogen) atoms. The number of pyridine rings is 1. The van der Waals surface area contributed by atoms with Crippen LogP contribution in [0.25, 0.3) is 0 Å². The summed E-state index contributed by atoms with van der Waals surface area (Å²) in [6.45, 7) is 7.04. The van der Waals surface area contributed by atoms with Gasteiger partial charge in [-0.25, -0.2) is 4.79 Å². The van der Waals surface area contributed by atoms with Gasteiger partial charge in [0.2, 0.25) is 5.88 Å². The molecule has 0 unspecified atom stereocenters. The Bertz CT molecular complexity index is 527. The van der Waals surface area contributed by atoms with Gasteiger partial charge in [-0.05, 0) is 39.3 Å². The highest BCUT2D eigenvalue weighted by molar-refractivity contribution is 5.84. The SMILES string of the molecule is COc1nc(NC(=O)OC(C)(C)C)cc(C)c1C#N. The number of nitrogens with zero attached hydrogens (tertiary/aromatic N) is 2. The maximum atomic E-state index is 11.6. The summed E-state index contributed by atoms with van der Waals surface area (Å²) in [6, 6.07) is 3.59. The summed E-state index contributed by atoms with van der Waals surface area (Å²) in [5, 5.41) is 11.5. The lowest BCUT2D eigenvalue weighted by Gasteiger charge is -2.19. The van der Waals surface area contributed by atoms with E-state index in [1.165, 1.54) is 7.11 Å². The first-order chi connectivity index (χ1) is 8.76. The van der Waals surface area contributed by atoms with E-state index in [9.17, 15) is 4.79 Å². The highest BCUT2D eigenvalue weighted by Gasteiger charge is 2.18. The number of nitriles is 1. The van der Waals surface area contributed by atoms with Crippen molar-refractivity contribution in [2.75, 3.05) is 12.4 Å². The molecule has 0 saturated carbocycles. The second-order valence-electron chi connectivity index (χ2n) is 4.95. The summed E-state index contributed by atoms with van der Waals surface area (Å²) in [5.74, 6) is 0.455. The van der Waals surface area contributed by atoms with Gasteiger partial charge in [-0.1, -0.05) is 0 Å². The number of nitrogens with one attached hydrogen (secondary N) is 1. The van der Waals surface area contributed by atoms with Gasteiger partial charge < -0.3 is 9.47 Å². The van der Waals surface area contributed by atoms with Crippen molar-refractivity contribution in [3.63, 3.8) is 0 Å². The number of aromatic nitrogens is 1. The van der Waals surface area contributed by atoms with Gasteiger partial charge in [-0.15, -0.1) is 0 Å². The average Bonchev–Trinajstić information content (AvgIpc) is 2.25. The van der Waals surface area contributed by atoms with Gasteiger partial charge >= 0.3 is 6.09 Å². The van der Waals surface area contributed by atoms with Crippen LogP contribution in [-0.2, 0) is 4.74 Å². The molecule has 0 spiro atoms.